The average molecular weight is 271 g/mol. The summed E-state index contributed by atoms with van der Waals surface area (Å²) in [6, 6.07) is -0.0512. The number of hydrogen-bond acceptors (Lipinski definition) is 4. The number of hydrogen-bond donors (Lipinski definition) is 3. The zero-order valence-electron chi connectivity index (χ0n) is 12.5. The lowest BCUT2D eigenvalue weighted by molar-refractivity contribution is -0.124. The van der Waals surface area contributed by atoms with Gasteiger partial charge in [0, 0.05) is 25.4 Å². The molecule has 0 bridgehead atoms. The van der Waals surface area contributed by atoms with Gasteiger partial charge in [0.1, 0.15) is 0 Å². The maximum atomic E-state index is 11.9. The fraction of sp³-hybridized carbons (Fsp3) is 0.857. The zero-order valence-corrected chi connectivity index (χ0v) is 12.5. The van der Waals surface area contributed by atoms with Gasteiger partial charge in [0.15, 0.2) is 5.78 Å². The summed E-state index contributed by atoms with van der Waals surface area (Å²) < 4.78 is 0. The normalized spacial score (nSPS) is 12.5. The number of Topliss-reactive ketones (excluding diaryl/α,β-unsaturated/α-hetero) is 1. The van der Waals surface area contributed by atoms with Crippen molar-refractivity contribution in [2.75, 3.05) is 19.6 Å². The van der Waals surface area contributed by atoms with Crippen LogP contribution in [0.5, 0.6) is 0 Å². The van der Waals surface area contributed by atoms with Crippen LogP contribution in [-0.2, 0) is 9.59 Å². The van der Waals surface area contributed by atoms with Gasteiger partial charge in [0.05, 0.1) is 6.04 Å². The van der Waals surface area contributed by atoms with Gasteiger partial charge in [-0.3, -0.25) is 9.59 Å². The molecule has 1 unspecified atom stereocenters. The molecule has 5 heteroatoms. The van der Waals surface area contributed by atoms with Crippen molar-refractivity contribution < 1.29 is 9.59 Å². The summed E-state index contributed by atoms with van der Waals surface area (Å²) >= 11 is 0. The predicted octanol–water partition coefficient (Wildman–Crippen LogP) is 0.825. The zero-order chi connectivity index (χ0) is 14.7. The number of nitrogens with two attached hydrogens (primary N) is 1. The molecular weight excluding hydrogens is 242 g/mol. The monoisotopic (exact) mass is 271 g/mol. The number of carbonyl (C=O) groups is 2. The molecule has 0 aliphatic heterocycles. The molecule has 0 aromatic heterocycles. The Balaban J connectivity index is 3.81. The van der Waals surface area contributed by atoms with Crippen LogP contribution in [0.1, 0.15) is 46.5 Å². The summed E-state index contributed by atoms with van der Waals surface area (Å²) in [5.41, 5.74) is 5.29. The van der Waals surface area contributed by atoms with Crippen molar-refractivity contribution in [3.63, 3.8) is 0 Å². The molecule has 0 saturated heterocycles. The Labute approximate surface area is 116 Å². The minimum absolute atomic E-state index is 0.00369. The standard InChI is InChI=1S/C14H29N3O2/c1-4-16-12(14(19)11(2)3)7-5-6-10-17-13(18)8-9-15/h11-12,16H,4-10,15H2,1-3H3,(H,17,18). The van der Waals surface area contributed by atoms with Crippen molar-refractivity contribution in [1.82, 2.24) is 10.6 Å². The van der Waals surface area contributed by atoms with Crippen LogP contribution < -0.4 is 16.4 Å². The molecule has 0 saturated carbocycles. The number of unbranched alkanes of at least 4 members (excludes halogenated alkanes) is 1. The lowest BCUT2D eigenvalue weighted by atomic mass is 9.97. The van der Waals surface area contributed by atoms with E-state index in [1.807, 2.05) is 20.8 Å². The summed E-state index contributed by atoms with van der Waals surface area (Å²) in [5.74, 6) is 0.339. The lowest BCUT2D eigenvalue weighted by Gasteiger charge is -2.18. The molecule has 0 heterocycles. The fourth-order valence-corrected chi connectivity index (χ4v) is 1.91. The fourth-order valence-electron chi connectivity index (χ4n) is 1.91. The van der Waals surface area contributed by atoms with E-state index in [1.54, 1.807) is 0 Å². The highest BCUT2D eigenvalue weighted by Crippen LogP contribution is 2.07. The largest absolute Gasteiger partial charge is 0.356 e. The van der Waals surface area contributed by atoms with E-state index in [4.69, 9.17) is 5.73 Å². The van der Waals surface area contributed by atoms with E-state index >= 15 is 0 Å². The molecule has 0 aliphatic carbocycles. The SMILES string of the molecule is CCNC(CCCCNC(=O)CCN)C(=O)C(C)C. The minimum atomic E-state index is -0.0512. The molecule has 0 aromatic carbocycles. The van der Waals surface area contributed by atoms with Crippen LogP contribution in [0.15, 0.2) is 0 Å². The molecule has 0 aromatic rings. The van der Waals surface area contributed by atoms with Crippen LogP contribution in [0.25, 0.3) is 0 Å². The first-order valence-corrected chi connectivity index (χ1v) is 7.26. The van der Waals surface area contributed by atoms with Gasteiger partial charge < -0.3 is 16.4 Å². The third kappa shape index (κ3) is 8.72. The van der Waals surface area contributed by atoms with E-state index in [0.717, 1.165) is 25.8 Å². The van der Waals surface area contributed by atoms with Crippen LogP contribution >= 0.6 is 0 Å². The van der Waals surface area contributed by atoms with Crippen LogP contribution in [0, 0.1) is 5.92 Å². The third-order valence-corrected chi connectivity index (χ3v) is 2.98. The molecular formula is C14H29N3O2. The Kier molecular flexibility index (Phi) is 10.4. The topological polar surface area (TPSA) is 84.2 Å². The molecule has 0 spiro atoms. The Bertz CT molecular complexity index is 267. The summed E-state index contributed by atoms with van der Waals surface area (Å²) in [5, 5.41) is 6.05. The van der Waals surface area contributed by atoms with E-state index in [1.165, 1.54) is 0 Å². The van der Waals surface area contributed by atoms with Gasteiger partial charge in [0.25, 0.3) is 0 Å². The van der Waals surface area contributed by atoms with Crippen molar-refractivity contribution in [2.45, 2.75) is 52.5 Å². The molecule has 112 valence electrons. The van der Waals surface area contributed by atoms with Crippen molar-refractivity contribution in [3.8, 4) is 0 Å². The number of ketones is 1. The van der Waals surface area contributed by atoms with Gasteiger partial charge in [-0.15, -0.1) is 0 Å². The first-order valence-electron chi connectivity index (χ1n) is 7.26. The van der Waals surface area contributed by atoms with Crippen LogP contribution in [0.4, 0.5) is 0 Å². The highest BCUT2D eigenvalue weighted by atomic mass is 16.1. The highest BCUT2D eigenvalue weighted by Gasteiger charge is 2.19. The molecule has 19 heavy (non-hydrogen) atoms. The summed E-state index contributed by atoms with van der Waals surface area (Å²) in [6.45, 7) is 7.72. The maximum absolute atomic E-state index is 11.9. The van der Waals surface area contributed by atoms with Crippen molar-refractivity contribution in [1.29, 1.82) is 0 Å². The highest BCUT2D eigenvalue weighted by molar-refractivity contribution is 5.85. The van der Waals surface area contributed by atoms with Crippen molar-refractivity contribution >= 4 is 11.7 Å². The number of nitrogens with one attached hydrogen (secondary N) is 2. The first-order chi connectivity index (χ1) is 9.02. The van der Waals surface area contributed by atoms with Crippen molar-refractivity contribution in [2.24, 2.45) is 11.7 Å². The van der Waals surface area contributed by atoms with Gasteiger partial charge in [-0.2, -0.15) is 0 Å². The van der Waals surface area contributed by atoms with E-state index < -0.39 is 0 Å². The van der Waals surface area contributed by atoms with Gasteiger partial charge >= 0.3 is 0 Å². The van der Waals surface area contributed by atoms with Crippen LogP contribution in [0.3, 0.4) is 0 Å². The van der Waals surface area contributed by atoms with E-state index in [2.05, 4.69) is 10.6 Å². The van der Waals surface area contributed by atoms with E-state index in [-0.39, 0.29) is 23.7 Å². The van der Waals surface area contributed by atoms with Gasteiger partial charge in [0.2, 0.25) is 5.91 Å². The summed E-state index contributed by atoms with van der Waals surface area (Å²) in [7, 11) is 0. The molecule has 1 amide bonds. The Morgan fingerprint density at radius 3 is 2.42 bits per heavy atom. The second-order valence-electron chi connectivity index (χ2n) is 5.05. The Hall–Kier alpha value is -0.940. The molecule has 4 N–H and O–H groups in total. The predicted molar refractivity (Wildman–Crippen MR) is 77.8 cm³/mol. The van der Waals surface area contributed by atoms with E-state index in [9.17, 15) is 9.59 Å². The van der Waals surface area contributed by atoms with Crippen molar-refractivity contribution in [3.05, 3.63) is 0 Å². The Morgan fingerprint density at radius 2 is 1.89 bits per heavy atom. The number of likely N-dealkylation sites (N-methyl/N-ethyl adjacent to an activating group) is 1. The quantitative estimate of drug-likeness (QED) is 0.486. The van der Waals surface area contributed by atoms with Crippen LogP contribution in [-0.4, -0.2) is 37.4 Å². The van der Waals surface area contributed by atoms with Gasteiger partial charge in [-0.1, -0.05) is 20.8 Å². The second kappa shape index (κ2) is 10.9. The molecule has 0 radical (unpaired) electrons. The van der Waals surface area contributed by atoms with Gasteiger partial charge in [-0.25, -0.2) is 0 Å². The second-order valence-corrected chi connectivity index (χ2v) is 5.05. The van der Waals surface area contributed by atoms with E-state index in [0.29, 0.717) is 19.5 Å². The summed E-state index contributed by atoms with van der Waals surface area (Å²) in [6.07, 6.45) is 3.03. The van der Waals surface area contributed by atoms with Crippen LogP contribution in [0.2, 0.25) is 0 Å². The average Bonchev–Trinajstić information content (AvgIpc) is 2.36. The molecule has 1 atom stereocenters. The van der Waals surface area contributed by atoms with Gasteiger partial charge in [-0.05, 0) is 25.8 Å². The summed E-state index contributed by atoms with van der Waals surface area (Å²) in [4.78, 5) is 23.1. The molecule has 5 nitrogen and oxygen atoms in total. The number of amides is 1. The number of carbonyl (C=O) groups excluding carboxylic acids is 2. The molecule has 0 fully saturated rings. The number of rotatable bonds is 11. The Morgan fingerprint density at radius 1 is 1.21 bits per heavy atom. The maximum Gasteiger partial charge on any atom is 0.221 e. The first kappa shape index (κ1) is 18.1. The lowest BCUT2D eigenvalue weighted by Crippen LogP contribution is -2.39. The molecule has 0 rings (SSSR count). The minimum Gasteiger partial charge on any atom is -0.356 e. The third-order valence-electron chi connectivity index (χ3n) is 2.98. The molecule has 0 aliphatic rings. The smallest absolute Gasteiger partial charge is 0.221 e.